The second kappa shape index (κ2) is 11.2. The molecule has 1 aliphatic heterocycles. The lowest BCUT2D eigenvalue weighted by molar-refractivity contribution is -0.139. The average molecular weight is 581 g/mol. The minimum Gasteiger partial charge on any atom is -0.507 e. The van der Waals surface area contributed by atoms with E-state index in [0.29, 0.717) is 34.3 Å². The number of hydrogen-bond donors (Lipinski definition) is 2. The van der Waals surface area contributed by atoms with Crippen molar-refractivity contribution < 1.29 is 28.9 Å². The summed E-state index contributed by atoms with van der Waals surface area (Å²) in [6, 6.07) is 14.4. The molecule has 1 fully saturated rings. The Morgan fingerprint density at radius 3 is 2.38 bits per heavy atom. The molecule has 3 aromatic carbocycles. The molecule has 40 heavy (non-hydrogen) atoms. The highest BCUT2D eigenvalue weighted by Gasteiger charge is 2.47. The molecule has 1 aromatic heterocycles. The fourth-order valence-corrected chi connectivity index (χ4v) is 5.54. The number of fused-ring (bicyclic) bond motifs is 1. The summed E-state index contributed by atoms with van der Waals surface area (Å²) in [7, 11) is 4.61. The lowest BCUT2D eigenvalue weighted by Crippen LogP contribution is -2.31. The van der Waals surface area contributed by atoms with Crippen molar-refractivity contribution in [2.75, 3.05) is 27.9 Å². The lowest BCUT2D eigenvalue weighted by atomic mass is 9.94. The number of hydrogen-bond acceptors (Lipinski definition) is 6. The molecule has 1 atom stereocenters. The third-order valence-corrected chi connectivity index (χ3v) is 7.61. The molecule has 2 heterocycles. The number of aliphatic hydroxyl groups excluding tert-OH is 1. The molecule has 1 amide bonds. The number of benzene rings is 3. The molecule has 0 bridgehead atoms. The summed E-state index contributed by atoms with van der Waals surface area (Å²) in [5.74, 6) is -0.343. The van der Waals surface area contributed by atoms with Crippen molar-refractivity contribution in [2.45, 2.75) is 12.5 Å². The quantitative estimate of drug-likeness (QED) is 0.147. The normalized spacial score (nSPS) is 16.5. The Morgan fingerprint density at radius 2 is 1.68 bits per heavy atom. The van der Waals surface area contributed by atoms with Crippen molar-refractivity contribution in [2.24, 2.45) is 0 Å². The van der Waals surface area contributed by atoms with Gasteiger partial charge in [0.15, 0.2) is 0 Å². The van der Waals surface area contributed by atoms with Crippen molar-refractivity contribution >= 4 is 51.6 Å². The molecule has 1 aliphatic rings. The summed E-state index contributed by atoms with van der Waals surface area (Å²) in [5, 5.41) is 12.9. The summed E-state index contributed by atoms with van der Waals surface area (Å²) >= 11 is 12.4. The number of halogens is 2. The van der Waals surface area contributed by atoms with Gasteiger partial charge in [-0.2, -0.15) is 0 Å². The van der Waals surface area contributed by atoms with Gasteiger partial charge < -0.3 is 29.2 Å². The molecular weight excluding hydrogens is 555 g/mol. The van der Waals surface area contributed by atoms with Gasteiger partial charge >= 0.3 is 0 Å². The Balaban J connectivity index is 1.62. The van der Waals surface area contributed by atoms with E-state index in [1.807, 2.05) is 24.4 Å². The number of aromatic nitrogens is 1. The Labute approximate surface area is 240 Å². The van der Waals surface area contributed by atoms with Crippen LogP contribution in [0, 0.1) is 0 Å². The number of likely N-dealkylation sites (tertiary alicyclic amines) is 1. The maximum absolute atomic E-state index is 13.5. The van der Waals surface area contributed by atoms with Crippen molar-refractivity contribution in [3.8, 4) is 17.2 Å². The molecule has 2 N–H and O–H groups in total. The third-order valence-electron chi connectivity index (χ3n) is 7.06. The van der Waals surface area contributed by atoms with Crippen LogP contribution < -0.4 is 14.2 Å². The number of nitrogens with zero attached hydrogens (tertiary/aromatic N) is 1. The summed E-state index contributed by atoms with van der Waals surface area (Å²) in [6.07, 6.45) is 2.30. The molecule has 0 spiro atoms. The van der Waals surface area contributed by atoms with E-state index in [4.69, 9.17) is 37.4 Å². The summed E-state index contributed by atoms with van der Waals surface area (Å²) in [6.45, 7) is 0.180. The highest BCUT2D eigenvalue weighted by atomic mass is 35.5. The number of rotatable bonds is 8. The predicted octanol–water partition coefficient (Wildman–Crippen LogP) is 6.16. The Kier molecular flexibility index (Phi) is 7.65. The van der Waals surface area contributed by atoms with Gasteiger partial charge in [-0.1, -0.05) is 23.2 Å². The number of nitrogens with one attached hydrogen (secondary N) is 1. The van der Waals surface area contributed by atoms with E-state index in [2.05, 4.69) is 4.98 Å². The van der Waals surface area contributed by atoms with Crippen LogP contribution in [0.5, 0.6) is 17.2 Å². The van der Waals surface area contributed by atoms with E-state index in [0.717, 1.165) is 16.5 Å². The third kappa shape index (κ3) is 4.85. The van der Waals surface area contributed by atoms with Gasteiger partial charge in [0.25, 0.3) is 11.7 Å². The van der Waals surface area contributed by atoms with Crippen LogP contribution in [0.25, 0.3) is 16.7 Å². The van der Waals surface area contributed by atoms with Gasteiger partial charge in [0.1, 0.15) is 23.0 Å². The minimum absolute atomic E-state index is 0.0988. The summed E-state index contributed by atoms with van der Waals surface area (Å²) < 4.78 is 16.3. The van der Waals surface area contributed by atoms with E-state index in [-0.39, 0.29) is 22.7 Å². The van der Waals surface area contributed by atoms with E-state index in [9.17, 15) is 14.7 Å². The molecular formula is C30H26Cl2N2O6. The van der Waals surface area contributed by atoms with Crippen molar-refractivity contribution in [3.63, 3.8) is 0 Å². The standard InChI is InChI=1S/C30H26Cl2N2O6/c1-38-18-6-9-24-22(13-18)16(15-33-24)10-11-34-27(21-8-5-19(39-2)14-25(21)40-3)26(29(36)30(34)37)28(35)20-7-4-17(31)12-23(20)32/h4-9,12-15,27,33,35H,10-11H2,1-3H3/t27-/m0/s1. The number of Topliss-reactive ketones (excluding diaryl/α,β-unsaturated/α-hetero) is 1. The molecule has 0 saturated carbocycles. The Hall–Kier alpha value is -4.14. The second-order valence-electron chi connectivity index (χ2n) is 9.20. The maximum Gasteiger partial charge on any atom is 0.295 e. The van der Waals surface area contributed by atoms with E-state index < -0.39 is 23.5 Å². The zero-order valence-electron chi connectivity index (χ0n) is 22.0. The van der Waals surface area contributed by atoms with Crippen LogP contribution in [0.1, 0.15) is 22.7 Å². The molecule has 4 aromatic rings. The van der Waals surface area contributed by atoms with Crippen LogP contribution in [-0.4, -0.2) is 54.6 Å². The second-order valence-corrected chi connectivity index (χ2v) is 10.0. The molecule has 1 saturated heterocycles. The van der Waals surface area contributed by atoms with Gasteiger partial charge in [0.05, 0.1) is 38.0 Å². The van der Waals surface area contributed by atoms with Crippen LogP contribution >= 0.6 is 23.2 Å². The topological polar surface area (TPSA) is 101 Å². The summed E-state index contributed by atoms with van der Waals surface area (Å²) in [4.78, 5) is 31.7. The van der Waals surface area contributed by atoms with Crippen LogP contribution in [-0.2, 0) is 16.0 Å². The molecule has 0 aliphatic carbocycles. The number of H-pyrrole nitrogens is 1. The number of amides is 1. The molecule has 10 heteroatoms. The number of aromatic amines is 1. The van der Waals surface area contributed by atoms with Crippen LogP contribution in [0.3, 0.4) is 0 Å². The van der Waals surface area contributed by atoms with E-state index in [1.54, 1.807) is 31.4 Å². The average Bonchev–Trinajstić information content (AvgIpc) is 3.48. The summed E-state index contributed by atoms with van der Waals surface area (Å²) in [5.41, 5.74) is 2.46. The van der Waals surface area contributed by atoms with E-state index in [1.165, 1.54) is 31.3 Å². The fourth-order valence-electron chi connectivity index (χ4n) is 5.04. The lowest BCUT2D eigenvalue weighted by Gasteiger charge is -2.27. The first-order chi connectivity index (χ1) is 19.3. The zero-order valence-corrected chi connectivity index (χ0v) is 23.5. The minimum atomic E-state index is -0.952. The highest BCUT2D eigenvalue weighted by Crippen LogP contribution is 2.44. The number of ether oxygens (including phenoxy) is 3. The predicted molar refractivity (Wildman–Crippen MR) is 154 cm³/mol. The van der Waals surface area contributed by atoms with Gasteiger partial charge in [0, 0.05) is 45.9 Å². The van der Waals surface area contributed by atoms with Gasteiger partial charge in [-0.25, -0.2) is 0 Å². The van der Waals surface area contributed by atoms with Crippen molar-refractivity contribution in [3.05, 3.63) is 93.1 Å². The molecule has 8 nitrogen and oxygen atoms in total. The molecule has 0 radical (unpaired) electrons. The zero-order chi connectivity index (χ0) is 28.6. The van der Waals surface area contributed by atoms with Crippen LogP contribution in [0.15, 0.2) is 66.4 Å². The van der Waals surface area contributed by atoms with Crippen LogP contribution in [0.2, 0.25) is 10.0 Å². The van der Waals surface area contributed by atoms with Crippen molar-refractivity contribution in [1.29, 1.82) is 0 Å². The number of carbonyl (C=O) groups excluding carboxylic acids is 2. The first-order valence-corrected chi connectivity index (χ1v) is 13.1. The molecule has 5 rings (SSSR count). The number of ketones is 1. The SMILES string of the molecule is COc1ccc([C@H]2C(=C(O)c3ccc(Cl)cc3Cl)C(=O)C(=O)N2CCc2c[nH]c3ccc(OC)cc23)c(OC)c1. The van der Waals surface area contributed by atoms with Gasteiger partial charge in [-0.3, -0.25) is 9.59 Å². The largest absolute Gasteiger partial charge is 0.507 e. The van der Waals surface area contributed by atoms with Crippen molar-refractivity contribution in [1.82, 2.24) is 9.88 Å². The Bertz CT molecular complexity index is 1660. The molecule has 206 valence electrons. The number of aliphatic hydroxyl groups is 1. The highest BCUT2D eigenvalue weighted by molar-refractivity contribution is 6.47. The smallest absolute Gasteiger partial charge is 0.295 e. The fraction of sp³-hybridized carbons (Fsp3) is 0.200. The Morgan fingerprint density at radius 1 is 0.950 bits per heavy atom. The van der Waals surface area contributed by atoms with Gasteiger partial charge in [-0.15, -0.1) is 0 Å². The van der Waals surface area contributed by atoms with E-state index >= 15 is 0 Å². The molecule has 0 unspecified atom stereocenters. The van der Waals surface area contributed by atoms with Crippen LogP contribution in [0.4, 0.5) is 0 Å². The maximum atomic E-state index is 13.5. The number of carbonyl (C=O) groups is 2. The first-order valence-electron chi connectivity index (χ1n) is 12.4. The van der Waals surface area contributed by atoms with Gasteiger partial charge in [0.2, 0.25) is 0 Å². The van der Waals surface area contributed by atoms with Gasteiger partial charge in [-0.05, 0) is 60.5 Å². The first kappa shape index (κ1) is 27.4. The monoisotopic (exact) mass is 580 g/mol. The number of methoxy groups -OCH3 is 3.